The highest BCUT2D eigenvalue weighted by Gasteiger charge is 2.24. The minimum absolute atomic E-state index is 0.145. The second-order valence-corrected chi connectivity index (χ2v) is 28.5. The van der Waals surface area contributed by atoms with Crippen LogP contribution in [0.3, 0.4) is 0 Å². The maximum absolute atomic E-state index is 14.1. The number of rotatable bonds is 12. The molecule has 21 rings (SSSR count). The Labute approximate surface area is 649 Å². The van der Waals surface area contributed by atoms with E-state index in [0.717, 1.165) is 128 Å². The van der Waals surface area contributed by atoms with E-state index < -0.39 is 0 Å². The second kappa shape index (κ2) is 27.1. The van der Waals surface area contributed by atoms with Crippen molar-refractivity contribution < 1.29 is 0 Å². The highest BCUT2D eigenvalue weighted by molar-refractivity contribution is 6.02. The molecule has 0 saturated carbocycles. The third kappa shape index (κ3) is 11.4. The first-order chi connectivity index (χ1) is 56.1. The normalized spacial score (nSPS) is 11.6. The maximum Gasteiger partial charge on any atom is 0.265 e. The Hall–Kier alpha value is -15.8. The molecule has 0 amide bonds. The number of para-hydroxylation sites is 4. The molecular weight excluding hydrogens is 1410 g/mol. The van der Waals surface area contributed by atoms with Crippen LogP contribution in [0.1, 0.15) is 0 Å². The summed E-state index contributed by atoms with van der Waals surface area (Å²) in [7, 11) is 0. The van der Waals surface area contributed by atoms with E-state index in [-0.39, 0.29) is 22.2 Å². The Bertz CT molecular complexity index is 7060. The number of benzene rings is 12. The third-order valence-electron chi connectivity index (χ3n) is 21.8. The Morgan fingerprint density at radius 3 is 0.719 bits per heavy atom. The zero-order valence-electron chi connectivity index (χ0n) is 60.7. The van der Waals surface area contributed by atoms with Crippen molar-refractivity contribution in [2.24, 2.45) is 0 Å². The largest absolute Gasteiger partial charge is 0.268 e. The lowest BCUT2D eigenvalue weighted by atomic mass is 9.82. The standard InChI is InChI=1S/C100H60N10O4/c111-97-83-27-9-13-33-87(83)103-91-57-63(41-47-107(91)97)73-19-1-5-23-77(73)67-51-68(78-24-6-2-20-74(78)64-42-48-108-92(58-64)104-88-34-14-10-28-84(88)98(108)112)54-71(53-67)81-31-17-32-82(95(81)61-37-39-62(40-38-61)96-101-45-18-46-102-96)72-55-69(79-25-7-3-21-75(79)65-43-49-109-93(59-65)105-89-35-15-11-29-85(89)99(109)113)52-70(56-72)80-26-8-4-22-76(80)66-44-50-110-94(60-66)106-90-36-16-12-30-86(90)100(110)114/h1-60H. The van der Waals surface area contributed by atoms with Gasteiger partial charge in [0.1, 0.15) is 22.6 Å². The summed E-state index contributed by atoms with van der Waals surface area (Å²) in [4.78, 5) is 85.9. The predicted octanol–water partition coefficient (Wildman–Crippen LogP) is 21.1. The van der Waals surface area contributed by atoms with Gasteiger partial charge in [0.15, 0.2) is 5.82 Å². The summed E-state index contributed by atoms with van der Waals surface area (Å²) in [6.07, 6.45) is 10.8. The van der Waals surface area contributed by atoms with E-state index in [4.69, 9.17) is 19.9 Å². The van der Waals surface area contributed by atoms with Crippen molar-refractivity contribution in [3.8, 4) is 134 Å². The molecule has 0 aliphatic rings. The Morgan fingerprint density at radius 2 is 0.430 bits per heavy atom. The molecule has 12 aromatic carbocycles. The molecule has 9 heterocycles. The van der Waals surface area contributed by atoms with Gasteiger partial charge in [0.25, 0.3) is 22.2 Å². The molecule has 0 saturated heterocycles. The highest BCUT2D eigenvalue weighted by atomic mass is 16.1. The molecule has 0 fully saturated rings. The summed E-state index contributed by atoms with van der Waals surface area (Å²) >= 11 is 0. The molecule has 0 N–H and O–H groups in total. The highest BCUT2D eigenvalue weighted by Crippen LogP contribution is 2.48. The van der Waals surface area contributed by atoms with Gasteiger partial charge in [-0.25, -0.2) is 29.9 Å². The second-order valence-electron chi connectivity index (χ2n) is 28.5. The van der Waals surface area contributed by atoms with Crippen molar-refractivity contribution in [1.82, 2.24) is 47.5 Å². The van der Waals surface area contributed by atoms with Gasteiger partial charge >= 0.3 is 0 Å². The lowest BCUT2D eigenvalue weighted by molar-refractivity contribution is 1.08. The van der Waals surface area contributed by atoms with Crippen LogP contribution < -0.4 is 22.2 Å². The number of pyridine rings is 4. The topological polar surface area (TPSA) is 163 Å². The molecule has 0 atom stereocenters. The minimum Gasteiger partial charge on any atom is -0.268 e. The maximum atomic E-state index is 14.1. The SMILES string of the molecule is O=c1c2ccccc2nc2cc(-c3ccccc3-c3cc(-c4ccccc4-c4ccn5c(=O)c6ccccc6nc5c4)cc(-c4cccc(-c5cc(-c6ccccc6-c6ccn7c(=O)c8ccccc8nc7c6)cc(-c6ccccc6-c6ccn7c(=O)c8ccccc8nc7c6)c5)c4-c4ccc(-c5ncccn5)cc4)c3)ccn12. The summed E-state index contributed by atoms with van der Waals surface area (Å²) in [5.41, 5.74) is 25.1. The zero-order valence-corrected chi connectivity index (χ0v) is 60.7. The lowest BCUT2D eigenvalue weighted by Crippen LogP contribution is -2.14. The van der Waals surface area contributed by atoms with Crippen molar-refractivity contribution in [3.63, 3.8) is 0 Å². The minimum atomic E-state index is -0.145. The number of hydrogen-bond donors (Lipinski definition) is 0. The molecule has 0 aliphatic heterocycles. The molecular formula is C100H60N10O4. The molecule has 9 aromatic heterocycles. The number of nitrogens with zero attached hydrogens (tertiary/aromatic N) is 10. The zero-order chi connectivity index (χ0) is 76.1. The average molecular weight is 1470 g/mol. The number of hydrogen-bond acceptors (Lipinski definition) is 10. The van der Waals surface area contributed by atoms with E-state index in [1.807, 2.05) is 201 Å². The molecule has 14 heteroatoms. The van der Waals surface area contributed by atoms with Gasteiger partial charge in [0.05, 0.1) is 43.6 Å². The smallest absolute Gasteiger partial charge is 0.265 e. The van der Waals surface area contributed by atoms with Gasteiger partial charge in [-0.05, 0) is 262 Å². The van der Waals surface area contributed by atoms with Crippen LogP contribution in [-0.2, 0) is 0 Å². The summed E-state index contributed by atoms with van der Waals surface area (Å²) < 4.78 is 6.44. The molecule has 0 radical (unpaired) electrons. The van der Waals surface area contributed by atoms with Crippen LogP contribution in [0.5, 0.6) is 0 Å². The van der Waals surface area contributed by atoms with Crippen molar-refractivity contribution in [1.29, 1.82) is 0 Å². The number of fused-ring (bicyclic) bond motifs is 8. The van der Waals surface area contributed by atoms with Crippen molar-refractivity contribution >= 4 is 66.2 Å². The summed E-state index contributed by atoms with van der Waals surface area (Å²) in [5, 5.41) is 2.16. The predicted molar refractivity (Wildman–Crippen MR) is 457 cm³/mol. The monoisotopic (exact) mass is 1460 g/mol. The lowest BCUT2D eigenvalue weighted by Gasteiger charge is -2.21. The first-order valence-electron chi connectivity index (χ1n) is 37.5. The first kappa shape index (κ1) is 66.4. The van der Waals surface area contributed by atoms with Gasteiger partial charge in [0.2, 0.25) is 0 Å². The van der Waals surface area contributed by atoms with Gasteiger partial charge in [-0.3, -0.25) is 36.8 Å². The fourth-order valence-corrected chi connectivity index (χ4v) is 16.4. The van der Waals surface area contributed by atoms with Crippen molar-refractivity contribution in [3.05, 3.63) is 406 Å². The third-order valence-corrected chi connectivity index (χ3v) is 21.8. The van der Waals surface area contributed by atoms with E-state index in [9.17, 15) is 19.2 Å². The Balaban J connectivity index is 0.812. The van der Waals surface area contributed by atoms with Gasteiger partial charge in [-0.1, -0.05) is 188 Å². The van der Waals surface area contributed by atoms with Crippen LogP contribution in [0, 0.1) is 0 Å². The Kier molecular flexibility index (Phi) is 15.8. The van der Waals surface area contributed by atoms with E-state index in [1.165, 1.54) is 0 Å². The molecule has 0 bridgehead atoms. The Morgan fingerprint density at radius 1 is 0.193 bits per heavy atom. The molecule has 0 spiro atoms. The van der Waals surface area contributed by atoms with Crippen LogP contribution in [0.4, 0.5) is 0 Å². The number of aromatic nitrogens is 10. The molecule has 0 aliphatic carbocycles. The van der Waals surface area contributed by atoms with Gasteiger partial charge in [0, 0.05) is 42.7 Å². The summed E-state index contributed by atoms with van der Waals surface area (Å²) in [6.45, 7) is 0. The molecule has 14 nitrogen and oxygen atoms in total. The first-order valence-corrected chi connectivity index (χ1v) is 37.5. The molecule has 0 unspecified atom stereocenters. The average Bonchev–Trinajstić information content (AvgIpc) is 0.746. The van der Waals surface area contributed by atoms with E-state index in [0.29, 0.717) is 72.0 Å². The van der Waals surface area contributed by atoms with Crippen LogP contribution in [0.2, 0.25) is 0 Å². The van der Waals surface area contributed by atoms with E-state index in [2.05, 4.69) is 162 Å². The summed E-state index contributed by atoms with van der Waals surface area (Å²) in [6, 6.07) is 110. The van der Waals surface area contributed by atoms with Crippen molar-refractivity contribution in [2.75, 3.05) is 0 Å². The van der Waals surface area contributed by atoms with E-state index in [1.54, 1.807) is 30.0 Å². The summed E-state index contributed by atoms with van der Waals surface area (Å²) in [5.74, 6) is 0.595. The van der Waals surface area contributed by atoms with Crippen LogP contribution >= 0.6 is 0 Å². The fraction of sp³-hybridized carbons (Fsp3) is 0. The van der Waals surface area contributed by atoms with E-state index >= 15 is 0 Å². The van der Waals surface area contributed by atoms with Gasteiger partial charge < -0.3 is 0 Å². The van der Waals surface area contributed by atoms with Gasteiger partial charge in [-0.15, -0.1) is 0 Å². The van der Waals surface area contributed by atoms with Crippen LogP contribution in [0.15, 0.2) is 384 Å². The molecule has 114 heavy (non-hydrogen) atoms. The van der Waals surface area contributed by atoms with Crippen molar-refractivity contribution in [2.45, 2.75) is 0 Å². The quantitative estimate of drug-likeness (QED) is 0.108. The van der Waals surface area contributed by atoms with Crippen LogP contribution in [-0.4, -0.2) is 47.5 Å². The molecule has 21 aromatic rings. The van der Waals surface area contributed by atoms with Gasteiger partial charge in [-0.2, -0.15) is 0 Å². The fourth-order valence-electron chi connectivity index (χ4n) is 16.4. The van der Waals surface area contributed by atoms with Crippen LogP contribution in [0.25, 0.3) is 200 Å². The molecule has 534 valence electrons.